The van der Waals surface area contributed by atoms with Crippen molar-refractivity contribution in [3.05, 3.63) is 68.9 Å². The molecule has 0 saturated heterocycles. The smallest absolute Gasteiger partial charge is 0.306 e. The standard InChI is InChI=1S/C29H29N3O3S.ClH/c1-15-8-20(9-16(2)26(15)24-14-36-13-17(24)3)28-31-27(32-35-28)19-4-6-23-18(10-19)5-7-25(23)30-22-11-21(12-22)29(33)34;/h4,6,8-10,13-14,21-22,25,30H,5,7,11-12H2,1-3H3,(H,33,34);1H. The average Bonchev–Trinajstić information content (AvgIpc) is 3.55. The normalized spacial score (nSPS) is 20.2. The van der Waals surface area contributed by atoms with Gasteiger partial charge in [0.25, 0.3) is 5.89 Å². The van der Waals surface area contributed by atoms with Gasteiger partial charge in [-0.3, -0.25) is 4.79 Å². The van der Waals surface area contributed by atoms with Crippen LogP contribution in [0.5, 0.6) is 0 Å². The van der Waals surface area contributed by atoms with Crippen LogP contribution in [-0.4, -0.2) is 27.3 Å². The Morgan fingerprint density at radius 3 is 2.49 bits per heavy atom. The Morgan fingerprint density at radius 2 is 1.81 bits per heavy atom. The number of fused-ring (bicyclic) bond motifs is 1. The molecule has 0 spiro atoms. The Hall–Kier alpha value is -3.00. The summed E-state index contributed by atoms with van der Waals surface area (Å²) in [5.74, 6) is 0.257. The second kappa shape index (κ2) is 10.0. The van der Waals surface area contributed by atoms with Crippen molar-refractivity contribution in [3.8, 4) is 34.0 Å². The van der Waals surface area contributed by atoms with E-state index in [0.717, 1.165) is 36.8 Å². The first kappa shape index (κ1) is 25.6. The summed E-state index contributed by atoms with van der Waals surface area (Å²) in [4.78, 5) is 15.8. The molecule has 1 fully saturated rings. The lowest BCUT2D eigenvalue weighted by atomic mass is 9.80. The summed E-state index contributed by atoms with van der Waals surface area (Å²) in [7, 11) is 0. The second-order valence-corrected chi connectivity index (χ2v) is 11.0. The summed E-state index contributed by atoms with van der Waals surface area (Å²) >= 11 is 1.73. The summed E-state index contributed by atoms with van der Waals surface area (Å²) in [6.45, 7) is 6.42. The van der Waals surface area contributed by atoms with E-state index < -0.39 is 5.97 Å². The van der Waals surface area contributed by atoms with Crippen LogP contribution in [0.25, 0.3) is 34.0 Å². The molecule has 1 saturated carbocycles. The van der Waals surface area contributed by atoms with E-state index in [1.54, 1.807) is 11.3 Å². The maximum atomic E-state index is 11.1. The van der Waals surface area contributed by atoms with Gasteiger partial charge in [-0.2, -0.15) is 16.3 Å². The van der Waals surface area contributed by atoms with Gasteiger partial charge in [0.15, 0.2) is 0 Å². The van der Waals surface area contributed by atoms with Gasteiger partial charge in [-0.25, -0.2) is 0 Å². The van der Waals surface area contributed by atoms with Crippen molar-refractivity contribution >= 4 is 29.7 Å². The summed E-state index contributed by atoms with van der Waals surface area (Å²) in [5, 5.41) is 21.5. The number of carboxylic acids is 1. The lowest BCUT2D eigenvalue weighted by Gasteiger charge is -2.35. The first-order valence-corrected chi connectivity index (χ1v) is 13.4. The van der Waals surface area contributed by atoms with Crippen LogP contribution in [0.4, 0.5) is 0 Å². The van der Waals surface area contributed by atoms with Crippen LogP contribution in [0.15, 0.2) is 45.6 Å². The van der Waals surface area contributed by atoms with Crippen LogP contribution < -0.4 is 5.32 Å². The molecule has 0 aliphatic heterocycles. The summed E-state index contributed by atoms with van der Waals surface area (Å²) in [6, 6.07) is 11.2. The van der Waals surface area contributed by atoms with Gasteiger partial charge in [0.1, 0.15) is 0 Å². The highest BCUT2D eigenvalue weighted by atomic mass is 35.5. The molecule has 2 aromatic heterocycles. The van der Waals surface area contributed by atoms with Crippen molar-refractivity contribution in [2.75, 3.05) is 0 Å². The number of carboxylic acid groups (broad SMARTS) is 1. The molecule has 0 radical (unpaired) electrons. The van der Waals surface area contributed by atoms with Crippen molar-refractivity contribution in [2.24, 2.45) is 5.92 Å². The minimum absolute atomic E-state index is 0. The molecular weight excluding hydrogens is 506 g/mol. The Kier molecular flexibility index (Phi) is 6.96. The number of hydrogen-bond donors (Lipinski definition) is 2. The van der Waals surface area contributed by atoms with Crippen LogP contribution in [-0.2, 0) is 11.2 Å². The third-order valence-corrected chi connectivity index (χ3v) is 8.60. The average molecular weight is 536 g/mol. The molecule has 0 bridgehead atoms. The van der Waals surface area contributed by atoms with Crippen LogP contribution >= 0.6 is 23.7 Å². The summed E-state index contributed by atoms with van der Waals surface area (Å²) in [5.41, 5.74) is 10.7. The summed E-state index contributed by atoms with van der Waals surface area (Å²) in [6.07, 6.45) is 3.46. The fraction of sp³-hybridized carbons (Fsp3) is 0.345. The van der Waals surface area contributed by atoms with Gasteiger partial charge < -0.3 is 14.9 Å². The molecule has 2 aromatic carbocycles. The SMILES string of the molecule is Cc1cscc1-c1c(C)cc(-c2nc(-c3ccc4c(c3)CCC4NC3CC(C(=O)O)C3)no2)cc1C.Cl. The van der Waals surface area contributed by atoms with Crippen molar-refractivity contribution in [1.29, 1.82) is 0 Å². The molecule has 37 heavy (non-hydrogen) atoms. The van der Waals surface area contributed by atoms with Gasteiger partial charge in [-0.05, 0) is 114 Å². The van der Waals surface area contributed by atoms with E-state index in [9.17, 15) is 4.79 Å². The highest BCUT2D eigenvalue weighted by Crippen LogP contribution is 2.38. The predicted molar refractivity (Wildman–Crippen MR) is 148 cm³/mol. The zero-order valence-electron chi connectivity index (χ0n) is 21.1. The minimum atomic E-state index is -0.678. The number of rotatable bonds is 6. The molecule has 4 aromatic rings. The van der Waals surface area contributed by atoms with Gasteiger partial charge >= 0.3 is 5.97 Å². The van der Waals surface area contributed by atoms with E-state index in [2.05, 4.69) is 72.3 Å². The molecule has 6 nitrogen and oxygen atoms in total. The number of hydrogen-bond acceptors (Lipinski definition) is 6. The van der Waals surface area contributed by atoms with Crippen molar-refractivity contribution < 1.29 is 14.4 Å². The Balaban J connectivity index is 0.00000280. The predicted octanol–water partition coefficient (Wildman–Crippen LogP) is 6.92. The number of halogens is 1. The Bertz CT molecular complexity index is 1450. The van der Waals surface area contributed by atoms with Gasteiger partial charge in [0.05, 0.1) is 5.92 Å². The van der Waals surface area contributed by atoms with Gasteiger partial charge in [0.2, 0.25) is 5.82 Å². The van der Waals surface area contributed by atoms with Crippen LogP contribution in [0, 0.1) is 26.7 Å². The molecule has 1 unspecified atom stereocenters. The van der Waals surface area contributed by atoms with Gasteiger partial charge in [0, 0.05) is 23.2 Å². The minimum Gasteiger partial charge on any atom is -0.481 e. The molecule has 2 aliphatic carbocycles. The molecule has 192 valence electrons. The largest absolute Gasteiger partial charge is 0.481 e. The van der Waals surface area contributed by atoms with E-state index in [0.29, 0.717) is 17.8 Å². The Morgan fingerprint density at radius 1 is 1.05 bits per heavy atom. The maximum absolute atomic E-state index is 11.1. The zero-order valence-corrected chi connectivity index (χ0v) is 22.7. The van der Waals surface area contributed by atoms with Crippen LogP contribution in [0.2, 0.25) is 0 Å². The molecule has 2 N–H and O–H groups in total. The molecule has 0 amide bonds. The first-order valence-electron chi connectivity index (χ1n) is 12.5. The first-order chi connectivity index (χ1) is 17.4. The Labute approximate surface area is 226 Å². The van der Waals surface area contributed by atoms with E-state index in [4.69, 9.17) is 14.6 Å². The maximum Gasteiger partial charge on any atom is 0.306 e. The number of aliphatic carboxylic acids is 1. The fourth-order valence-corrected chi connectivity index (χ4v) is 6.60. The third kappa shape index (κ3) is 4.72. The lowest BCUT2D eigenvalue weighted by Crippen LogP contribution is -2.45. The fourth-order valence-electron chi connectivity index (χ4n) is 5.76. The molecule has 2 heterocycles. The highest BCUT2D eigenvalue weighted by molar-refractivity contribution is 7.08. The summed E-state index contributed by atoms with van der Waals surface area (Å²) < 4.78 is 5.69. The number of aromatic nitrogens is 2. The van der Waals surface area contributed by atoms with Crippen molar-refractivity contribution in [3.63, 3.8) is 0 Å². The second-order valence-electron chi connectivity index (χ2n) is 10.3. The molecule has 1 atom stereocenters. The van der Waals surface area contributed by atoms with E-state index in [1.165, 1.54) is 38.9 Å². The number of benzene rings is 2. The number of thiophene rings is 1. The zero-order chi connectivity index (χ0) is 25.0. The van der Waals surface area contributed by atoms with E-state index >= 15 is 0 Å². The number of nitrogens with zero attached hydrogens (tertiary/aromatic N) is 2. The highest BCUT2D eigenvalue weighted by Gasteiger charge is 2.36. The number of carbonyl (C=O) groups is 1. The van der Waals surface area contributed by atoms with Crippen molar-refractivity contribution in [2.45, 2.75) is 58.5 Å². The number of aryl methyl sites for hydroxylation is 4. The van der Waals surface area contributed by atoms with Gasteiger partial charge in [-0.15, -0.1) is 12.4 Å². The van der Waals surface area contributed by atoms with Gasteiger partial charge in [-0.1, -0.05) is 17.3 Å². The molecule has 8 heteroatoms. The topological polar surface area (TPSA) is 88.2 Å². The van der Waals surface area contributed by atoms with E-state index in [1.807, 2.05) is 0 Å². The molecule has 6 rings (SSSR count). The quantitative estimate of drug-likeness (QED) is 0.278. The molecular formula is C29H30ClN3O3S. The van der Waals surface area contributed by atoms with Crippen molar-refractivity contribution in [1.82, 2.24) is 15.5 Å². The van der Waals surface area contributed by atoms with Crippen LogP contribution in [0.1, 0.15) is 53.1 Å². The number of nitrogens with one attached hydrogen (secondary N) is 1. The lowest BCUT2D eigenvalue weighted by molar-refractivity contribution is -0.145. The monoisotopic (exact) mass is 535 g/mol. The third-order valence-electron chi connectivity index (χ3n) is 7.73. The van der Waals surface area contributed by atoms with Crippen LogP contribution in [0.3, 0.4) is 0 Å². The molecule has 2 aliphatic rings. The van der Waals surface area contributed by atoms with E-state index in [-0.39, 0.29) is 24.4 Å².